The number of hydrogen-bond acceptors (Lipinski definition) is 5. The van der Waals surface area contributed by atoms with Crippen molar-refractivity contribution in [1.82, 2.24) is 9.78 Å². The van der Waals surface area contributed by atoms with Crippen LogP contribution in [0, 0.1) is 5.82 Å². The Morgan fingerprint density at radius 3 is 2.41 bits per heavy atom. The SMILES string of the molecule is CC(C)(O)c1nn(-c2ccccc2F)c(-c2ccc(-c3cccc(S(C)(=O)=O)c3)s2)c1Cl. The van der Waals surface area contributed by atoms with Crippen molar-refractivity contribution in [3.63, 3.8) is 0 Å². The Bertz CT molecular complexity index is 1420. The van der Waals surface area contributed by atoms with Crippen molar-refractivity contribution in [2.24, 2.45) is 0 Å². The molecule has 2 heterocycles. The number of para-hydroxylation sites is 1. The van der Waals surface area contributed by atoms with Gasteiger partial charge in [0.25, 0.3) is 0 Å². The lowest BCUT2D eigenvalue weighted by Crippen LogP contribution is -2.17. The first kappa shape index (κ1) is 22.7. The van der Waals surface area contributed by atoms with Gasteiger partial charge in [0.15, 0.2) is 9.84 Å². The average molecular weight is 491 g/mol. The van der Waals surface area contributed by atoms with Gasteiger partial charge < -0.3 is 5.11 Å². The van der Waals surface area contributed by atoms with Crippen molar-refractivity contribution in [3.05, 3.63) is 77.2 Å². The van der Waals surface area contributed by atoms with Crippen LogP contribution in [0.4, 0.5) is 4.39 Å². The van der Waals surface area contributed by atoms with Gasteiger partial charge in [-0.25, -0.2) is 17.5 Å². The number of benzene rings is 2. The summed E-state index contributed by atoms with van der Waals surface area (Å²) in [6.45, 7) is 3.13. The van der Waals surface area contributed by atoms with Crippen molar-refractivity contribution in [3.8, 4) is 26.7 Å². The van der Waals surface area contributed by atoms with Crippen molar-refractivity contribution in [1.29, 1.82) is 0 Å². The van der Waals surface area contributed by atoms with Crippen LogP contribution in [-0.4, -0.2) is 29.6 Å². The Morgan fingerprint density at radius 2 is 1.75 bits per heavy atom. The maximum Gasteiger partial charge on any atom is 0.175 e. The summed E-state index contributed by atoms with van der Waals surface area (Å²) in [5.74, 6) is -0.479. The molecule has 32 heavy (non-hydrogen) atoms. The number of aliphatic hydroxyl groups is 1. The molecular weight excluding hydrogens is 471 g/mol. The Hall–Kier alpha value is -2.52. The second-order valence-corrected chi connectivity index (χ2v) is 11.4. The molecule has 4 aromatic rings. The average Bonchev–Trinajstić information content (AvgIpc) is 3.32. The van der Waals surface area contributed by atoms with Gasteiger partial charge in [-0.2, -0.15) is 5.10 Å². The Balaban J connectivity index is 1.90. The van der Waals surface area contributed by atoms with E-state index in [9.17, 15) is 17.9 Å². The van der Waals surface area contributed by atoms with Crippen LogP contribution in [0.25, 0.3) is 26.7 Å². The van der Waals surface area contributed by atoms with Gasteiger partial charge in [-0.1, -0.05) is 35.9 Å². The first-order valence-corrected chi connectivity index (χ1v) is 12.7. The first-order valence-electron chi connectivity index (χ1n) is 9.64. The Labute approximate surface area is 194 Å². The minimum absolute atomic E-state index is 0.203. The van der Waals surface area contributed by atoms with Crippen molar-refractivity contribution in [2.75, 3.05) is 6.26 Å². The topological polar surface area (TPSA) is 72.2 Å². The zero-order valence-corrected chi connectivity index (χ0v) is 19.9. The number of rotatable bonds is 5. The molecule has 0 saturated heterocycles. The van der Waals surface area contributed by atoms with Gasteiger partial charge in [0, 0.05) is 11.1 Å². The quantitative estimate of drug-likeness (QED) is 0.390. The molecule has 4 rings (SSSR count). The standard InChI is InChI=1S/C23H20ClFN2O3S2/c1-23(2,28)22-20(24)21(27(26-22)17-10-5-4-9-16(17)25)19-12-11-18(31-19)14-7-6-8-15(13-14)32(3,29)30/h4-13,28H,1-3H3. The number of nitrogens with zero attached hydrogens (tertiary/aromatic N) is 2. The predicted molar refractivity (Wildman–Crippen MR) is 126 cm³/mol. The third-order valence-corrected chi connectivity index (χ3v) is 7.48. The number of sulfone groups is 1. The number of halogens is 2. The lowest BCUT2D eigenvalue weighted by molar-refractivity contribution is 0.0735. The van der Waals surface area contributed by atoms with E-state index in [1.54, 1.807) is 50.2 Å². The van der Waals surface area contributed by atoms with Crippen LogP contribution < -0.4 is 0 Å². The van der Waals surface area contributed by atoms with E-state index in [2.05, 4.69) is 5.10 Å². The zero-order valence-electron chi connectivity index (χ0n) is 17.5. The van der Waals surface area contributed by atoms with Gasteiger partial charge >= 0.3 is 0 Å². The van der Waals surface area contributed by atoms with Crippen molar-refractivity contribution >= 4 is 32.8 Å². The van der Waals surface area contributed by atoms with Crippen LogP contribution in [0.15, 0.2) is 65.6 Å². The van der Waals surface area contributed by atoms with Gasteiger partial charge in [-0.15, -0.1) is 11.3 Å². The molecular formula is C23H20ClFN2O3S2. The molecule has 0 bridgehead atoms. The predicted octanol–water partition coefficient (Wildman–Crippen LogP) is 5.69. The van der Waals surface area contributed by atoms with Crippen molar-refractivity contribution in [2.45, 2.75) is 24.3 Å². The van der Waals surface area contributed by atoms with Crippen LogP contribution in [-0.2, 0) is 15.4 Å². The smallest absolute Gasteiger partial charge is 0.175 e. The summed E-state index contributed by atoms with van der Waals surface area (Å²) in [6.07, 6.45) is 1.16. The number of thiophene rings is 1. The first-order chi connectivity index (χ1) is 15.0. The largest absolute Gasteiger partial charge is 0.384 e. The molecule has 2 aromatic heterocycles. The fraction of sp³-hybridized carbons (Fsp3) is 0.174. The molecule has 0 amide bonds. The minimum Gasteiger partial charge on any atom is -0.384 e. The molecule has 0 aliphatic heterocycles. The minimum atomic E-state index is -3.35. The molecule has 9 heteroatoms. The summed E-state index contributed by atoms with van der Waals surface area (Å²) in [7, 11) is -3.35. The second-order valence-electron chi connectivity index (χ2n) is 7.90. The van der Waals surface area contributed by atoms with E-state index in [-0.39, 0.29) is 21.3 Å². The van der Waals surface area contributed by atoms with Crippen LogP contribution in [0.5, 0.6) is 0 Å². The monoisotopic (exact) mass is 490 g/mol. The third-order valence-electron chi connectivity index (χ3n) is 4.87. The molecule has 0 saturated carbocycles. The lowest BCUT2D eigenvalue weighted by atomic mass is 10.1. The van der Waals surface area contributed by atoms with Crippen molar-refractivity contribution < 1.29 is 17.9 Å². The normalized spacial score (nSPS) is 12.3. The molecule has 0 aliphatic carbocycles. The summed E-state index contributed by atoms with van der Waals surface area (Å²) in [6, 6.07) is 16.5. The summed E-state index contributed by atoms with van der Waals surface area (Å²) < 4.78 is 39.9. The number of hydrogen-bond donors (Lipinski definition) is 1. The van der Waals surface area contributed by atoms with Gasteiger partial charge in [0.1, 0.15) is 28.5 Å². The van der Waals surface area contributed by atoms with E-state index in [0.717, 1.165) is 16.7 Å². The molecule has 5 nitrogen and oxygen atoms in total. The van der Waals surface area contributed by atoms with Crippen LogP contribution in [0.2, 0.25) is 5.02 Å². The van der Waals surface area contributed by atoms with E-state index in [1.807, 2.05) is 18.2 Å². The molecule has 0 aliphatic rings. The summed E-state index contributed by atoms with van der Waals surface area (Å²) in [5.41, 5.74) is 0.274. The zero-order chi connectivity index (χ0) is 23.3. The molecule has 1 N–H and O–H groups in total. The highest BCUT2D eigenvalue weighted by atomic mass is 35.5. The summed E-state index contributed by atoms with van der Waals surface area (Å²) in [5, 5.41) is 15.2. The molecule has 166 valence electrons. The highest BCUT2D eigenvalue weighted by Crippen LogP contribution is 2.42. The molecule has 0 atom stereocenters. The fourth-order valence-corrected chi connectivity index (χ4v) is 5.51. The van der Waals surface area contributed by atoms with Crippen LogP contribution in [0.3, 0.4) is 0 Å². The second kappa shape index (κ2) is 8.12. The maximum atomic E-state index is 14.6. The van der Waals surface area contributed by atoms with Gasteiger partial charge in [-0.05, 0) is 55.8 Å². The van der Waals surface area contributed by atoms with E-state index in [4.69, 9.17) is 11.6 Å². The van der Waals surface area contributed by atoms with Gasteiger partial charge in [0.2, 0.25) is 0 Å². The van der Waals surface area contributed by atoms with Gasteiger partial charge in [-0.3, -0.25) is 0 Å². The maximum absolute atomic E-state index is 14.6. The van der Waals surface area contributed by atoms with E-state index in [1.165, 1.54) is 22.1 Å². The van der Waals surface area contributed by atoms with E-state index < -0.39 is 21.3 Å². The van der Waals surface area contributed by atoms with Gasteiger partial charge in [0.05, 0.1) is 14.8 Å². The van der Waals surface area contributed by atoms with Crippen LogP contribution in [0.1, 0.15) is 19.5 Å². The summed E-state index contributed by atoms with van der Waals surface area (Å²) in [4.78, 5) is 1.73. The lowest BCUT2D eigenvalue weighted by Gasteiger charge is -2.14. The highest BCUT2D eigenvalue weighted by Gasteiger charge is 2.30. The Morgan fingerprint density at radius 1 is 1.06 bits per heavy atom. The molecule has 0 radical (unpaired) electrons. The van der Waals surface area contributed by atoms with Crippen LogP contribution >= 0.6 is 22.9 Å². The Kier molecular flexibility index (Phi) is 5.75. The molecule has 0 fully saturated rings. The third kappa shape index (κ3) is 4.23. The molecule has 0 unspecified atom stereocenters. The molecule has 2 aromatic carbocycles. The fourth-order valence-electron chi connectivity index (χ4n) is 3.30. The van der Waals surface area contributed by atoms with E-state index in [0.29, 0.717) is 10.6 Å². The molecule has 0 spiro atoms. The summed E-state index contributed by atoms with van der Waals surface area (Å²) >= 11 is 8.02. The number of aromatic nitrogens is 2. The highest BCUT2D eigenvalue weighted by molar-refractivity contribution is 7.90. The van der Waals surface area contributed by atoms with E-state index >= 15 is 0 Å².